The number of aromatic nitrogens is 6. The molecule has 8 nitrogen and oxygen atoms in total. The van der Waals surface area contributed by atoms with Crippen LogP contribution in [0.25, 0.3) is 22.6 Å². The quantitative estimate of drug-likeness (QED) is 0.560. The molecule has 0 atom stereocenters. The number of rotatable bonds is 5. The zero-order valence-corrected chi connectivity index (χ0v) is 16.4. The molecule has 0 amide bonds. The highest BCUT2D eigenvalue weighted by atomic mass is 19.1. The first-order chi connectivity index (χ1) is 13.8. The molecule has 0 saturated heterocycles. The van der Waals surface area contributed by atoms with Gasteiger partial charge in [0.1, 0.15) is 17.2 Å². The Balaban J connectivity index is 1.73. The summed E-state index contributed by atoms with van der Waals surface area (Å²) in [6, 6.07) is 6.31. The van der Waals surface area contributed by atoms with Gasteiger partial charge in [-0.15, -0.1) is 0 Å². The molecule has 1 aromatic carbocycles. The van der Waals surface area contributed by atoms with E-state index in [4.69, 9.17) is 0 Å². The highest BCUT2D eigenvalue weighted by Gasteiger charge is 2.17. The standard InChI is InChI=1S/C20H21FN6O2/c1-12(2)9-27-19(28)16-18(25(3)20(27)29)24-17(23-16)14-8-22-26(11-14)10-13-5-4-6-15(21)7-13/h4-8,11-12H,9-10H2,1-3H3,(H,23,24). The maximum atomic E-state index is 13.4. The highest BCUT2D eigenvalue weighted by molar-refractivity contribution is 5.75. The van der Waals surface area contributed by atoms with Crippen LogP contribution >= 0.6 is 0 Å². The normalized spacial score (nSPS) is 11.6. The number of H-pyrrole nitrogens is 1. The summed E-state index contributed by atoms with van der Waals surface area (Å²) in [5, 5.41) is 4.29. The second kappa shape index (κ2) is 7.16. The average Bonchev–Trinajstić information content (AvgIpc) is 3.30. The summed E-state index contributed by atoms with van der Waals surface area (Å²) < 4.78 is 17.6. The van der Waals surface area contributed by atoms with Crippen molar-refractivity contribution in [2.24, 2.45) is 13.0 Å². The van der Waals surface area contributed by atoms with Crippen LogP contribution < -0.4 is 11.2 Å². The zero-order chi connectivity index (χ0) is 20.7. The van der Waals surface area contributed by atoms with Crippen LogP contribution in [0.15, 0.2) is 46.2 Å². The van der Waals surface area contributed by atoms with Crippen LogP contribution in [0.1, 0.15) is 19.4 Å². The molecule has 3 aromatic heterocycles. The largest absolute Gasteiger partial charge is 0.332 e. The van der Waals surface area contributed by atoms with Gasteiger partial charge in [-0.05, 0) is 23.6 Å². The molecule has 4 rings (SSSR count). The molecule has 0 fully saturated rings. The van der Waals surface area contributed by atoms with E-state index in [0.29, 0.717) is 30.1 Å². The van der Waals surface area contributed by atoms with Gasteiger partial charge < -0.3 is 4.98 Å². The molecule has 0 aliphatic carbocycles. The third-order valence-corrected chi connectivity index (χ3v) is 4.67. The minimum absolute atomic E-state index is 0.154. The fourth-order valence-electron chi connectivity index (χ4n) is 3.31. The Labute approximate surface area is 165 Å². The molecule has 0 unspecified atom stereocenters. The van der Waals surface area contributed by atoms with Gasteiger partial charge in [0, 0.05) is 19.8 Å². The van der Waals surface area contributed by atoms with E-state index in [1.54, 1.807) is 30.2 Å². The Bertz CT molecular complexity index is 1310. The van der Waals surface area contributed by atoms with Crippen LogP contribution in [0.3, 0.4) is 0 Å². The summed E-state index contributed by atoms with van der Waals surface area (Å²) in [5.41, 5.74) is 1.25. The maximum Gasteiger partial charge on any atom is 0.332 e. The van der Waals surface area contributed by atoms with Gasteiger partial charge in [-0.3, -0.25) is 18.6 Å². The van der Waals surface area contributed by atoms with Crippen molar-refractivity contribution >= 4 is 11.2 Å². The summed E-state index contributed by atoms with van der Waals surface area (Å²) in [7, 11) is 1.60. The average molecular weight is 396 g/mol. The minimum Gasteiger partial charge on any atom is -0.332 e. The zero-order valence-electron chi connectivity index (χ0n) is 16.4. The number of aryl methyl sites for hydroxylation is 1. The minimum atomic E-state index is -0.393. The summed E-state index contributed by atoms with van der Waals surface area (Å²) in [6.07, 6.45) is 3.37. The Hall–Kier alpha value is -3.49. The van der Waals surface area contributed by atoms with E-state index in [9.17, 15) is 14.0 Å². The number of fused-ring (bicyclic) bond motifs is 1. The lowest BCUT2D eigenvalue weighted by Crippen LogP contribution is -2.40. The molecule has 4 aromatic rings. The predicted molar refractivity (Wildman–Crippen MR) is 107 cm³/mol. The van der Waals surface area contributed by atoms with Crippen molar-refractivity contribution < 1.29 is 4.39 Å². The van der Waals surface area contributed by atoms with E-state index in [1.165, 1.54) is 21.3 Å². The van der Waals surface area contributed by atoms with Crippen LogP contribution in [0.4, 0.5) is 4.39 Å². The van der Waals surface area contributed by atoms with E-state index >= 15 is 0 Å². The Morgan fingerprint density at radius 2 is 2.03 bits per heavy atom. The molecule has 0 aliphatic rings. The third-order valence-electron chi connectivity index (χ3n) is 4.67. The molecular weight excluding hydrogens is 375 g/mol. The summed E-state index contributed by atoms with van der Waals surface area (Å²) in [5.74, 6) is 0.298. The lowest BCUT2D eigenvalue weighted by atomic mass is 10.2. The van der Waals surface area contributed by atoms with Crippen molar-refractivity contribution in [3.63, 3.8) is 0 Å². The summed E-state index contributed by atoms with van der Waals surface area (Å²) >= 11 is 0. The number of aromatic amines is 1. The van der Waals surface area contributed by atoms with Gasteiger partial charge in [-0.1, -0.05) is 26.0 Å². The lowest BCUT2D eigenvalue weighted by molar-refractivity contribution is 0.484. The Kier molecular flexibility index (Phi) is 4.65. The molecule has 1 N–H and O–H groups in total. The van der Waals surface area contributed by atoms with Gasteiger partial charge in [0.25, 0.3) is 5.56 Å². The Morgan fingerprint density at radius 1 is 1.24 bits per heavy atom. The van der Waals surface area contributed by atoms with Crippen LogP contribution in [0, 0.1) is 11.7 Å². The number of halogens is 1. The molecule has 0 saturated carbocycles. The second-order valence-electron chi connectivity index (χ2n) is 7.49. The first kappa shape index (κ1) is 18.9. The number of nitrogens with one attached hydrogen (secondary N) is 1. The van der Waals surface area contributed by atoms with Crippen LogP contribution in [0.2, 0.25) is 0 Å². The molecule has 29 heavy (non-hydrogen) atoms. The first-order valence-corrected chi connectivity index (χ1v) is 9.30. The smallest absolute Gasteiger partial charge is 0.332 e. The molecule has 9 heteroatoms. The SMILES string of the molecule is CC(C)Cn1c(=O)c2[nH]c(-c3cnn(Cc4cccc(F)c4)c3)nc2n(C)c1=O. The topological polar surface area (TPSA) is 90.5 Å². The van der Waals surface area contributed by atoms with E-state index < -0.39 is 5.69 Å². The number of nitrogens with zero attached hydrogens (tertiary/aromatic N) is 5. The van der Waals surface area contributed by atoms with Crippen LogP contribution in [-0.2, 0) is 20.1 Å². The van der Waals surface area contributed by atoms with Gasteiger partial charge in [0.2, 0.25) is 0 Å². The lowest BCUT2D eigenvalue weighted by Gasteiger charge is -2.09. The van der Waals surface area contributed by atoms with Crippen molar-refractivity contribution in [3.8, 4) is 11.4 Å². The van der Waals surface area contributed by atoms with Gasteiger partial charge >= 0.3 is 5.69 Å². The number of hydrogen-bond donors (Lipinski definition) is 1. The molecule has 0 spiro atoms. The van der Waals surface area contributed by atoms with E-state index in [2.05, 4.69) is 15.1 Å². The van der Waals surface area contributed by atoms with E-state index in [-0.39, 0.29) is 22.8 Å². The van der Waals surface area contributed by atoms with Crippen molar-refractivity contribution in [1.29, 1.82) is 0 Å². The summed E-state index contributed by atoms with van der Waals surface area (Å²) in [4.78, 5) is 32.8. The monoisotopic (exact) mass is 396 g/mol. The Morgan fingerprint density at radius 3 is 2.76 bits per heavy atom. The maximum absolute atomic E-state index is 13.4. The number of imidazole rings is 1. The van der Waals surface area contributed by atoms with Crippen LogP contribution in [0.5, 0.6) is 0 Å². The fraction of sp³-hybridized carbons (Fsp3) is 0.300. The molecule has 3 heterocycles. The second-order valence-corrected chi connectivity index (χ2v) is 7.49. The van der Waals surface area contributed by atoms with Gasteiger partial charge in [0.05, 0.1) is 18.3 Å². The van der Waals surface area contributed by atoms with Crippen molar-refractivity contribution in [2.45, 2.75) is 26.9 Å². The highest BCUT2D eigenvalue weighted by Crippen LogP contribution is 2.18. The molecule has 0 bridgehead atoms. The molecule has 0 aliphatic heterocycles. The summed E-state index contributed by atoms with van der Waals surface area (Å²) in [6.45, 7) is 4.63. The third kappa shape index (κ3) is 3.51. The molecule has 0 radical (unpaired) electrons. The van der Waals surface area contributed by atoms with Gasteiger partial charge in [-0.2, -0.15) is 5.10 Å². The van der Waals surface area contributed by atoms with Gasteiger partial charge in [-0.25, -0.2) is 14.2 Å². The number of hydrogen-bond acceptors (Lipinski definition) is 4. The van der Waals surface area contributed by atoms with Gasteiger partial charge in [0.15, 0.2) is 5.65 Å². The van der Waals surface area contributed by atoms with E-state index in [0.717, 1.165) is 5.56 Å². The van der Waals surface area contributed by atoms with Crippen LogP contribution in [-0.4, -0.2) is 28.9 Å². The number of benzene rings is 1. The first-order valence-electron chi connectivity index (χ1n) is 9.30. The van der Waals surface area contributed by atoms with E-state index in [1.807, 2.05) is 19.9 Å². The molecular formula is C20H21FN6O2. The van der Waals surface area contributed by atoms with Crippen molar-refractivity contribution in [1.82, 2.24) is 28.9 Å². The molecule has 150 valence electrons. The fourth-order valence-corrected chi connectivity index (χ4v) is 3.31. The van der Waals surface area contributed by atoms with Crippen molar-refractivity contribution in [2.75, 3.05) is 0 Å². The predicted octanol–water partition coefficient (Wildman–Crippen LogP) is 2.13. The van der Waals surface area contributed by atoms with Crippen molar-refractivity contribution in [3.05, 3.63) is 68.9 Å².